The van der Waals surface area contributed by atoms with Crippen LogP contribution in [-0.2, 0) is 4.79 Å². The third-order valence-electron chi connectivity index (χ3n) is 4.75. The van der Waals surface area contributed by atoms with Gasteiger partial charge >= 0.3 is 0 Å². The first-order chi connectivity index (χ1) is 11.0. The summed E-state index contributed by atoms with van der Waals surface area (Å²) in [5.41, 5.74) is 0. The molecule has 2 atom stereocenters. The van der Waals surface area contributed by atoms with Gasteiger partial charge in [0.1, 0.15) is 5.75 Å². The van der Waals surface area contributed by atoms with Crippen molar-refractivity contribution in [3.8, 4) is 5.75 Å². The Labute approximate surface area is 140 Å². The second kappa shape index (κ2) is 8.34. The molecule has 0 spiro atoms. The van der Waals surface area contributed by atoms with Gasteiger partial charge in [0.05, 0.1) is 6.61 Å². The van der Waals surface area contributed by atoms with Crippen molar-refractivity contribution in [2.75, 3.05) is 33.8 Å². The molecule has 0 aromatic heterocycles. The van der Waals surface area contributed by atoms with Crippen LogP contribution in [0.5, 0.6) is 5.75 Å². The summed E-state index contributed by atoms with van der Waals surface area (Å²) in [5.74, 6) is 2.29. The summed E-state index contributed by atoms with van der Waals surface area (Å²) in [6.07, 6.45) is 1.33. The van der Waals surface area contributed by atoms with E-state index < -0.39 is 0 Å². The van der Waals surface area contributed by atoms with E-state index in [0.717, 1.165) is 25.3 Å². The quantitative estimate of drug-likeness (QED) is 0.725. The maximum Gasteiger partial charge on any atom is 0.222 e. The summed E-state index contributed by atoms with van der Waals surface area (Å²) in [4.78, 5) is 16.7. The molecule has 1 saturated heterocycles. The van der Waals surface area contributed by atoms with Crippen LogP contribution < -0.4 is 4.74 Å². The number of carbonyl (C=O) groups excluding carboxylic acids is 1. The lowest BCUT2D eigenvalue weighted by atomic mass is 9.91. The molecule has 0 aliphatic carbocycles. The number of likely N-dealkylation sites (N-methyl/N-ethyl adjacent to an activating group) is 1. The van der Waals surface area contributed by atoms with Crippen LogP contribution in [0.3, 0.4) is 0 Å². The number of carbonyl (C=O) groups is 1. The Bertz CT molecular complexity index is 471. The van der Waals surface area contributed by atoms with Crippen LogP contribution in [0.4, 0.5) is 0 Å². The standard InChI is InChI=1S/C19H30N2O2/c1-15(2)17-13-21(14-18(17)20(3)4)19(22)11-8-12-23-16-9-6-5-7-10-16/h5-7,9-10,15,17-18H,8,11-14H2,1-4H3/t17-,18+/m0/s1. The van der Waals surface area contributed by atoms with E-state index in [1.54, 1.807) is 0 Å². The number of nitrogens with zero attached hydrogens (tertiary/aromatic N) is 2. The minimum absolute atomic E-state index is 0.261. The molecular weight excluding hydrogens is 288 g/mol. The van der Waals surface area contributed by atoms with Crippen LogP contribution in [0.15, 0.2) is 30.3 Å². The van der Waals surface area contributed by atoms with Crippen molar-refractivity contribution in [3.05, 3.63) is 30.3 Å². The number of ether oxygens (including phenoxy) is 1. The van der Waals surface area contributed by atoms with Gasteiger partial charge in [-0.05, 0) is 44.5 Å². The first kappa shape index (κ1) is 17.8. The lowest BCUT2D eigenvalue weighted by molar-refractivity contribution is -0.130. The Morgan fingerprint density at radius 2 is 1.96 bits per heavy atom. The summed E-state index contributed by atoms with van der Waals surface area (Å²) in [5, 5.41) is 0. The molecule has 1 aromatic carbocycles. The summed E-state index contributed by atoms with van der Waals surface area (Å²) >= 11 is 0. The van der Waals surface area contributed by atoms with Gasteiger partial charge in [-0.25, -0.2) is 0 Å². The predicted molar refractivity (Wildman–Crippen MR) is 93.6 cm³/mol. The minimum Gasteiger partial charge on any atom is -0.494 e. The molecule has 1 aliphatic rings. The Balaban J connectivity index is 1.75. The first-order valence-electron chi connectivity index (χ1n) is 8.61. The minimum atomic E-state index is 0.261. The van der Waals surface area contributed by atoms with Crippen LogP contribution in [0, 0.1) is 11.8 Å². The van der Waals surface area contributed by atoms with Crippen molar-refractivity contribution in [2.45, 2.75) is 32.7 Å². The highest BCUT2D eigenvalue weighted by Gasteiger charge is 2.37. The third-order valence-corrected chi connectivity index (χ3v) is 4.75. The number of hydrogen-bond acceptors (Lipinski definition) is 3. The monoisotopic (exact) mass is 318 g/mol. The smallest absolute Gasteiger partial charge is 0.222 e. The molecule has 128 valence electrons. The lowest BCUT2D eigenvalue weighted by Gasteiger charge is -2.27. The zero-order valence-corrected chi connectivity index (χ0v) is 14.9. The first-order valence-corrected chi connectivity index (χ1v) is 8.61. The van der Waals surface area contributed by atoms with Gasteiger partial charge in [-0.2, -0.15) is 0 Å². The van der Waals surface area contributed by atoms with E-state index in [-0.39, 0.29) is 5.91 Å². The number of benzene rings is 1. The van der Waals surface area contributed by atoms with Crippen LogP contribution in [-0.4, -0.2) is 55.5 Å². The fourth-order valence-corrected chi connectivity index (χ4v) is 3.31. The number of para-hydroxylation sites is 1. The van der Waals surface area contributed by atoms with Crippen molar-refractivity contribution in [1.82, 2.24) is 9.80 Å². The molecular formula is C19H30N2O2. The van der Waals surface area contributed by atoms with E-state index >= 15 is 0 Å². The van der Waals surface area contributed by atoms with Crippen LogP contribution in [0.2, 0.25) is 0 Å². The summed E-state index contributed by atoms with van der Waals surface area (Å²) < 4.78 is 5.66. The van der Waals surface area contributed by atoms with Gasteiger partial charge in [0.15, 0.2) is 0 Å². The molecule has 2 rings (SSSR count). The maximum atomic E-state index is 12.4. The van der Waals surface area contributed by atoms with Gasteiger partial charge in [0.25, 0.3) is 0 Å². The lowest BCUT2D eigenvalue weighted by Crippen LogP contribution is -2.37. The summed E-state index contributed by atoms with van der Waals surface area (Å²) in [6.45, 7) is 6.84. The van der Waals surface area contributed by atoms with Crippen molar-refractivity contribution >= 4 is 5.91 Å². The third kappa shape index (κ3) is 4.96. The van der Waals surface area contributed by atoms with Gasteiger partial charge < -0.3 is 14.5 Å². The normalized spacial score (nSPS) is 21.2. The highest BCUT2D eigenvalue weighted by atomic mass is 16.5. The van der Waals surface area contributed by atoms with Crippen molar-refractivity contribution in [2.24, 2.45) is 11.8 Å². The highest BCUT2D eigenvalue weighted by molar-refractivity contribution is 5.76. The van der Waals surface area contributed by atoms with Gasteiger partial charge in [-0.3, -0.25) is 4.79 Å². The number of likely N-dealkylation sites (tertiary alicyclic amines) is 1. The molecule has 0 unspecified atom stereocenters. The Morgan fingerprint density at radius 3 is 2.52 bits per heavy atom. The van der Waals surface area contributed by atoms with E-state index in [1.165, 1.54) is 0 Å². The molecule has 4 nitrogen and oxygen atoms in total. The average Bonchev–Trinajstić information content (AvgIpc) is 2.98. The molecule has 1 heterocycles. The average molecular weight is 318 g/mol. The second-order valence-corrected chi connectivity index (χ2v) is 7.00. The van der Waals surface area contributed by atoms with Crippen molar-refractivity contribution in [3.63, 3.8) is 0 Å². The van der Waals surface area contributed by atoms with E-state index in [1.807, 2.05) is 35.2 Å². The SMILES string of the molecule is CC(C)[C@@H]1CN(C(=O)CCCOc2ccccc2)C[C@H]1N(C)C. The van der Waals surface area contributed by atoms with Gasteiger partial charge in [0.2, 0.25) is 5.91 Å². The zero-order chi connectivity index (χ0) is 16.8. The summed E-state index contributed by atoms with van der Waals surface area (Å²) in [6, 6.07) is 10.2. The maximum absolute atomic E-state index is 12.4. The molecule has 0 N–H and O–H groups in total. The topological polar surface area (TPSA) is 32.8 Å². The van der Waals surface area contributed by atoms with Gasteiger partial charge in [-0.15, -0.1) is 0 Å². The Kier molecular flexibility index (Phi) is 6.46. The molecule has 1 aromatic rings. The van der Waals surface area contributed by atoms with Crippen LogP contribution >= 0.6 is 0 Å². The molecule has 0 saturated carbocycles. The van der Waals surface area contributed by atoms with Crippen LogP contribution in [0.1, 0.15) is 26.7 Å². The number of rotatable bonds is 7. The highest BCUT2D eigenvalue weighted by Crippen LogP contribution is 2.27. The van der Waals surface area contributed by atoms with Crippen molar-refractivity contribution in [1.29, 1.82) is 0 Å². The summed E-state index contributed by atoms with van der Waals surface area (Å²) in [7, 11) is 4.23. The molecule has 1 amide bonds. The van der Waals surface area contributed by atoms with Crippen LogP contribution in [0.25, 0.3) is 0 Å². The zero-order valence-electron chi connectivity index (χ0n) is 14.9. The van der Waals surface area contributed by atoms with E-state index in [2.05, 4.69) is 32.8 Å². The van der Waals surface area contributed by atoms with E-state index in [9.17, 15) is 4.79 Å². The Hall–Kier alpha value is -1.55. The molecule has 0 radical (unpaired) electrons. The molecule has 23 heavy (non-hydrogen) atoms. The fourth-order valence-electron chi connectivity index (χ4n) is 3.31. The molecule has 1 fully saturated rings. The number of hydrogen-bond donors (Lipinski definition) is 0. The Morgan fingerprint density at radius 1 is 1.26 bits per heavy atom. The fraction of sp³-hybridized carbons (Fsp3) is 0.632. The van der Waals surface area contributed by atoms with Gasteiger partial charge in [-0.1, -0.05) is 32.0 Å². The molecule has 0 bridgehead atoms. The van der Waals surface area contributed by atoms with Gasteiger partial charge in [0, 0.05) is 25.6 Å². The molecule has 1 aliphatic heterocycles. The molecule has 4 heteroatoms. The van der Waals surface area contributed by atoms with Crippen molar-refractivity contribution < 1.29 is 9.53 Å². The largest absolute Gasteiger partial charge is 0.494 e. The van der Waals surface area contributed by atoms with E-state index in [0.29, 0.717) is 30.9 Å². The predicted octanol–water partition coefficient (Wildman–Crippen LogP) is 2.89. The number of amides is 1. The van der Waals surface area contributed by atoms with E-state index in [4.69, 9.17) is 4.74 Å². The second-order valence-electron chi connectivity index (χ2n) is 7.00.